The highest BCUT2D eigenvalue weighted by Gasteiger charge is 2.11. The maximum atomic E-state index is 4.67. The third-order valence-corrected chi connectivity index (χ3v) is 3.94. The summed E-state index contributed by atoms with van der Waals surface area (Å²) in [4.78, 5) is 9.22. The van der Waals surface area contributed by atoms with Gasteiger partial charge in [0, 0.05) is 42.9 Å². The van der Waals surface area contributed by atoms with E-state index in [1.165, 1.54) is 5.56 Å². The van der Waals surface area contributed by atoms with Crippen molar-refractivity contribution in [2.45, 2.75) is 6.92 Å². The molecule has 0 unspecified atom stereocenters. The van der Waals surface area contributed by atoms with Gasteiger partial charge in [0.2, 0.25) is 0 Å². The Morgan fingerprint density at radius 3 is 2.70 bits per heavy atom. The average molecular weight is 285 g/mol. The van der Waals surface area contributed by atoms with Crippen LogP contribution in [0.1, 0.15) is 5.56 Å². The second kappa shape index (κ2) is 5.05. The fraction of sp³-hybridized carbons (Fsp3) is 0.214. The number of rotatable bonds is 3. The second-order valence-corrected chi connectivity index (χ2v) is 5.33. The van der Waals surface area contributed by atoms with Crippen molar-refractivity contribution < 1.29 is 0 Å². The predicted octanol–water partition coefficient (Wildman–Crippen LogP) is 2.96. The Hall–Kier alpha value is -2.21. The van der Waals surface area contributed by atoms with Gasteiger partial charge >= 0.3 is 0 Å². The van der Waals surface area contributed by atoms with E-state index < -0.39 is 0 Å². The molecule has 0 aromatic carbocycles. The SMILES string of the molecule is CNc1cc(-c2cnn(C)c2)nc(-c2cscc2C)n1. The van der Waals surface area contributed by atoms with Crippen LogP contribution in [0.25, 0.3) is 22.6 Å². The van der Waals surface area contributed by atoms with Gasteiger partial charge in [0.05, 0.1) is 11.9 Å². The van der Waals surface area contributed by atoms with Crippen LogP contribution < -0.4 is 5.32 Å². The van der Waals surface area contributed by atoms with Crippen molar-refractivity contribution in [2.75, 3.05) is 12.4 Å². The van der Waals surface area contributed by atoms with E-state index in [1.807, 2.05) is 32.6 Å². The molecular formula is C14H15N5S. The lowest BCUT2D eigenvalue weighted by molar-refractivity contribution is 0.768. The van der Waals surface area contributed by atoms with E-state index in [2.05, 4.69) is 38.1 Å². The van der Waals surface area contributed by atoms with E-state index in [-0.39, 0.29) is 0 Å². The molecule has 0 saturated heterocycles. The van der Waals surface area contributed by atoms with Gasteiger partial charge in [-0.1, -0.05) is 0 Å². The number of aryl methyl sites for hydroxylation is 2. The summed E-state index contributed by atoms with van der Waals surface area (Å²) in [6.07, 6.45) is 3.76. The molecule has 3 rings (SSSR count). The van der Waals surface area contributed by atoms with Gasteiger partial charge < -0.3 is 5.32 Å². The molecule has 0 bridgehead atoms. The molecule has 6 heteroatoms. The quantitative estimate of drug-likeness (QED) is 0.804. The first-order chi connectivity index (χ1) is 9.67. The molecule has 3 aromatic rings. The minimum Gasteiger partial charge on any atom is -0.373 e. The number of nitrogens with one attached hydrogen (secondary N) is 1. The molecule has 0 spiro atoms. The van der Waals surface area contributed by atoms with E-state index in [1.54, 1.807) is 16.0 Å². The summed E-state index contributed by atoms with van der Waals surface area (Å²) in [5, 5.41) is 11.5. The molecule has 5 nitrogen and oxygen atoms in total. The topological polar surface area (TPSA) is 55.6 Å². The molecule has 20 heavy (non-hydrogen) atoms. The van der Waals surface area contributed by atoms with Crippen LogP contribution in [0.3, 0.4) is 0 Å². The zero-order valence-electron chi connectivity index (χ0n) is 11.6. The van der Waals surface area contributed by atoms with Crippen LogP contribution in [0.5, 0.6) is 0 Å². The Kier molecular flexibility index (Phi) is 3.23. The fourth-order valence-corrected chi connectivity index (χ4v) is 2.81. The van der Waals surface area contributed by atoms with Crippen LogP contribution in [-0.2, 0) is 7.05 Å². The number of thiophene rings is 1. The monoisotopic (exact) mass is 285 g/mol. The smallest absolute Gasteiger partial charge is 0.163 e. The fourth-order valence-electron chi connectivity index (χ4n) is 1.99. The maximum Gasteiger partial charge on any atom is 0.163 e. The molecule has 0 aliphatic carbocycles. The van der Waals surface area contributed by atoms with Crippen LogP contribution in [0.2, 0.25) is 0 Å². The normalized spacial score (nSPS) is 10.8. The molecule has 0 amide bonds. The van der Waals surface area contributed by atoms with Crippen LogP contribution >= 0.6 is 11.3 Å². The molecule has 3 heterocycles. The van der Waals surface area contributed by atoms with E-state index in [4.69, 9.17) is 0 Å². The molecule has 0 saturated carbocycles. The summed E-state index contributed by atoms with van der Waals surface area (Å²) < 4.78 is 1.77. The van der Waals surface area contributed by atoms with Gasteiger partial charge in [-0.3, -0.25) is 4.68 Å². The van der Waals surface area contributed by atoms with Crippen molar-refractivity contribution in [2.24, 2.45) is 7.05 Å². The third kappa shape index (κ3) is 2.30. The zero-order chi connectivity index (χ0) is 14.1. The lowest BCUT2D eigenvalue weighted by atomic mass is 10.2. The summed E-state index contributed by atoms with van der Waals surface area (Å²) in [7, 11) is 3.76. The Morgan fingerprint density at radius 1 is 1.25 bits per heavy atom. The van der Waals surface area contributed by atoms with Crippen molar-refractivity contribution >= 4 is 17.2 Å². The third-order valence-electron chi connectivity index (χ3n) is 3.08. The van der Waals surface area contributed by atoms with Crippen LogP contribution in [0.4, 0.5) is 5.82 Å². The van der Waals surface area contributed by atoms with Crippen molar-refractivity contribution in [3.63, 3.8) is 0 Å². The molecule has 0 fully saturated rings. The van der Waals surface area contributed by atoms with Gasteiger partial charge in [0.1, 0.15) is 5.82 Å². The van der Waals surface area contributed by atoms with Gasteiger partial charge in [-0.15, -0.1) is 0 Å². The summed E-state index contributed by atoms with van der Waals surface area (Å²) >= 11 is 1.66. The average Bonchev–Trinajstić information content (AvgIpc) is 3.07. The minimum absolute atomic E-state index is 0.745. The standard InChI is InChI=1S/C14H15N5S/c1-9-7-20-8-11(9)14-17-12(4-13(15-2)18-14)10-5-16-19(3)6-10/h4-8H,1-3H3,(H,15,17,18). The lowest BCUT2D eigenvalue weighted by Crippen LogP contribution is -1.98. The number of aromatic nitrogens is 4. The minimum atomic E-state index is 0.745. The Balaban J connectivity index is 2.15. The van der Waals surface area contributed by atoms with Gasteiger partial charge in [0.25, 0.3) is 0 Å². The maximum absolute atomic E-state index is 4.67. The van der Waals surface area contributed by atoms with Gasteiger partial charge in [-0.2, -0.15) is 16.4 Å². The lowest BCUT2D eigenvalue weighted by Gasteiger charge is -2.06. The van der Waals surface area contributed by atoms with Crippen molar-refractivity contribution in [1.82, 2.24) is 19.7 Å². The largest absolute Gasteiger partial charge is 0.373 e. The molecule has 3 aromatic heterocycles. The molecule has 102 valence electrons. The Morgan fingerprint density at radius 2 is 2.10 bits per heavy atom. The van der Waals surface area contributed by atoms with E-state index in [0.717, 1.165) is 28.5 Å². The van der Waals surface area contributed by atoms with Crippen molar-refractivity contribution in [1.29, 1.82) is 0 Å². The first kappa shape index (κ1) is 12.8. The molecule has 0 aliphatic heterocycles. The first-order valence-corrected chi connectivity index (χ1v) is 7.20. The zero-order valence-corrected chi connectivity index (χ0v) is 12.4. The molecular weight excluding hydrogens is 270 g/mol. The molecule has 0 atom stereocenters. The van der Waals surface area contributed by atoms with E-state index >= 15 is 0 Å². The summed E-state index contributed by atoms with van der Waals surface area (Å²) in [6.45, 7) is 2.07. The van der Waals surface area contributed by atoms with Crippen LogP contribution in [0.15, 0.2) is 29.2 Å². The molecule has 0 aliphatic rings. The highest BCUT2D eigenvalue weighted by Crippen LogP contribution is 2.27. The van der Waals surface area contributed by atoms with Crippen LogP contribution in [-0.4, -0.2) is 26.8 Å². The number of hydrogen-bond acceptors (Lipinski definition) is 5. The number of anilines is 1. The summed E-state index contributed by atoms with van der Waals surface area (Å²) in [6, 6.07) is 1.93. The van der Waals surface area contributed by atoms with Gasteiger partial charge in [-0.05, 0) is 17.9 Å². The number of hydrogen-bond donors (Lipinski definition) is 1. The summed E-state index contributed by atoms with van der Waals surface area (Å²) in [5.41, 5.74) is 4.14. The van der Waals surface area contributed by atoms with Gasteiger partial charge in [0.15, 0.2) is 5.82 Å². The molecule has 1 N–H and O–H groups in total. The predicted molar refractivity (Wildman–Crippen MR) is 81.8 cm³/mol. The first-order valence-electron chi connectivity index (χ1n) is 6.26. The highest BCUT2D eigenvalue weighted by molar-refractivity contribution is 7.08. The van der Waals surface area contributed by atoms with E-state index in [0.29, 0.717) is 0 Å². The number of nitrogens with zero attached hydrogens (tertiary/aromatic N) is 4. The van der Waals surface area contributed by atoms with E-state index in [9.17, 15) is 0 Å². The molecule has 0 radical (unpaired) electrons. The Labute approximate surface area is 121 Å². The Bertz CT molecular complexity index is 744. The second-order valence-electron chi connectivity index (χ2n) is 4.58. The summed E-state index contributed by atoms with van der Waals surface area (Å²) in [5.74, 6) is 1.55. The van der Waals surface area contributed by atoms with Crippen molar-refractivity contribution in [3.05, 3.63) is 34.8 Å². The highest BCUT2D eigenvalue weighted by atomic mass is 32.1. The van der Waals surface area contributed by atoms with Gasteiger partial charge in [-0.25, -0.2) is 9.97 Å². The van der Waals surface area contributed by atoms with Crippen molar-refractivity contribution in [3.8, 4) is 22.6 Å². The van der Waals surface area contributed by atoms with Crippen LogP contribution in [0, 0.1) is 6.92 Å².